The van der Waals surface area contributed by atoms with Crippen LogP contribution in [0.25, 0.3) is 0 Å². The second-order valence-electron chi connectivity index (χ2n) is 2.65. The van der Waals surface area contributed by atoms with Crippen molar-refractivity contribution in [2.45, 2.75) is 19.0 Å². The summed E-state index contributed by atoms with van der Waals surface area (Å²) in [5.74, 6) is 7.18. The molecule has 0 fully saturated rings. The third kappa shape index (κ3) is 2.01. The molecule has 0 aliphatic heterocycles. The number of nitrogens with two attached hydrogens (primary N) is 1. The van der Waals surface area contributed by atoms with Gasteiger partial charge in [-0.1, -0.05) is 23.9 Å². The number of aryl methyl sites for hydroxylation is 1. The molecule has 66 valence electrons. The van der Waals surface area contributed by atoms with Crippen LogP contribution in [0.1, 0.15) is 12.7 Å². The molecule has 0 amide bonds. The van der Waals surface area contributed by atoms with E-state index in [1.54, 1.807) is 11.8 Å². The van der Waals surface area contributed by atoms with Crippen molar-refractivity contribution in [3.05, 3.63) is 18.0 Å². The predicted octanol–water partition coefficient (Wildman–Crippen LogP) is 0.969. The molecule has 0 aliphatic carbocycles. The molecule has 4 nitrogen and oxygen atoms in total. The Morgan fingerprint density at radius 1 is 1.67 bits per heavy atom. The summed E-state index contributed by atoms with van der Waals surface area (Å²) < 4.78 is 1.48. The molecule has 1 aromatic heterocycles. The molecule has 0 unspecified atom stereocenters. The van der Waals surface area contributed by atoms with E-state index in [0.29, 0.717) is 0 Å². The highest BCUT2D eigenvalue weighted by Gasteiger charge is 2.04. The molecule has 1 aromatic rings. The lowest BCUT2D eigenvalue weighted by Gasteiger charge is -1.99. The molecule has 0 aromatic carbocycles. The molecule has 0 saturated heterocycles. The van der Waals surface area contributed by atoms with Gasteiger partial charge in [0.15, 0.2) is 0 Å². The Bertz CT molecular complexity index is 292. The largest absolute Gasteiger partial charge is 0.336 e. The van der Waals surface area contributed by atoms with Crippen LogP contribution in [-0.4, -0.2) is 20.6 Å². The molecular formula is C7H12N4S. The average molecular weight is 184 g/mol. The second kappa shape index (κ2) is 3.62. The maximum Gasteiger partial charge on any atom is 0.210 e. The lowest BCUT2D eigenvalue weighted by Crippen LogP contribution is -2.11. The van der Waals surface area contributed by atoms with Gasteiger partial charge < -0.3 is 5.84 Å². The molecule has 1 heterocycles. The minimum Gasteiger partial charge on any atom is -0.336 e. The minimum atomic E-state index is 0.721. The molecule has 12 heavy (non-hydrogen) atoms. The van der Waals surface area contributed by atoms with E-state index < -0.39 is 0 Å². The lowest BCUT2D eigenvalue weighted by atomic mass is 10.4. The van der Waals surface area contributed by atoms with Gasteiger partial charge >= 0.3 is 0 Å². The Morgan fingerprint density at radius 3 is 2.75 bits per heavy atom. The van der Waals surface area contributed by atoms with Crippen molar-refractivity contribution in [3.63, 3.8) is 0 Å². The first kappa shape index (κ1) is 9.12. The molecule has 5 heteroatoms. The van der Waals surface area contributed by atoms with Crippen LogP contribution in [0.5, 0.6) is 0 Å². The maximum atomic E-state index is 5.63. The molecular weight excluding hydrogens is 172 g/mol. The van der Waals surface area contributed by atoms with Crippen LogP contribution in [0.4, 0.5) is 0 Å². The Balaban J connectivity index is 2.63. The van der Waals surface area contributed by atoms with Gasteiger partial charge in [-0.2, -0.15) is 0 Å². The molecule has 2 N–H and O–H groups in total. The van der Waals surface area contributed by atoms with Gasteiger partial charge in [0.25, 0.3) is 0 Å². The summed E-state index contributed by atoms with van der Waals surface area (Å²) in [5, 5.41) is 8.46. The number of aromatic nitrogens is 3. The van der Waals surface area contributed by atoms with Crippen LogP contribution in [0.3, 0.4) is 0 Å². The first-order valence-electron chi connectivity index (χ1n) is 3.55. The summed E-state index contributed by atoms with van der Waals surface area (Å²) in [7, 11) is 0. The van der Waals surface area contributed by atoms with E-state index in [4.69, 9.17) is 5.84 Å². The fourth-order valence-corrected chi connectivity index (χ4v) is 1.38. The van der Waals surface area contributed by atoms with E-state index in [1.165, 1.54) is 4.68 Å². The zero-order chi connectivity index (χ0) is 9.14. The third-order valence-corrected chi connectivity index (χ3v) is 2.46. The Morgan fingerprint density at radius 2 is 2.33 bits per heavy atom. The minimum absolute atomic E-state index is 0.721. The van der Waals surface area contributed by atoms with Crippen LogP contribution < -0.4 is 5.84 Å². The SMILES string of the molecule is C=C(C)CSc1nnc(C)n1N. The van der Waals surface area contributed by atoms with Gasteiger partial charge in [-0.05, 0) is 13.8 Å². The molecule has 0 bridgehead atoms. The van der Waals surface area contributed by atoms with Crippen molar-refractivity contribution in [2.24, 2.45) is 0 Å². The Kier molecular flexibility index (Phi) is 2.75. The van der Waals surface area contributed by atoms with Crippen molar-refractivity contribution in [2.75, 3.05) is 11.6 Å². The maximum absolute atomic E-state index is 5.63. The van der Waals surface area contributed by atoms with E-state index in [9.17, 15) is 0 Å². The number of nitrogen functional groups attached to an aromatic ring is 1. The van der Waals surface area contributed by atoms with E-state index in [1.807, 2.05) is 13.8 Å². The van der Waals surface area contributed by atoms with Crippen LogP contribution in [0, 0.1) is 6.92 Å². The fraction of sp³-hybridized carbons (Fsp3) is 0.429. The Hall–Kier alpha value is -0.970. The van der Waals surface area contributed by atoms with Gasteiger partial charge in [-0.3, -0.25) is 0 Å². The van der Waals surface area contributed by atoms with Gasteiger partial charge in [0.2, 0.25) is 5.16 Å². The first-order valence-corrected chi connectivity index (χ1v) is 4.54. The normalized spacial score (nSPS) is 10.2. The summed E-state index contributed by atoms with van der Waals surface area (Å²) in [5.41, 5.74) is 1.10. The van der Waals surface area contributed by atoms with Gasteiger partial charge in [-0.25, -0.2) is 4.68 Å². The van der Waals surface area contributed by atoms with E-state index >= 15 is 0 Å². The van der Waals surface area contributed by atoms with Gasteiger partial charge in [0, 0.05) is 5.75 Å². The molecule has 0 saturated carbocycles. The van der Waals surface area contributed by atoms with Crippen LogP contribution >= 0.6 is 11.8 Å². The zero-order valence-corrected chi connectivity index (χ0v) is 8.06. The third-order valence-electron chi connectivity index (χ3n) is 1.28. The summed E-state index contributed by atoms with van der Waals surface area (Å²) in [6.07, 6.45) is 0. The van der Waals surface area contributed by atoms with Crippen LogP contribution in [0.2, 0.25) is 0 Å². The van der Waals surface area contributed by atoms with Crippen molar-refractivity contribution < 1.29 is 0 Å². The van der Waals surface area contributed by atoms with E-state index in [2.05, 4.69) is 16.8 Å². The van der Waals surface area contributed by atoms with E-state index in [0.717, 1.165) is 22.3 Å². The number of nitrogens with zero attached hydrogens (tertiary/aromatic N) is 3. The van der Waals surface area contributed by atoms with Gasteiger partial charge in [0.1, 0.15) is 5.82 Å². The van der Waals surface area contributed by atoms with Crippen molar-refractivity contribution in [1.82, 2.24) is 14.9 Å². The number of hydrogen-bond acceptors (Lipinski definition) is 4. The molecule has 0 radical (unpaired) electrons. The number of rotatable bonds is 3. The molecule has 0 spiro atoms. The van der Waals surface area contributed by atoms with Crippen molar-refractivity contribution in [3.8, 4) is 0 Å². The average Bonchev–Trinajstić information content (AvgIpc) is 2.30. The predicted molar refractivity (Wildman–Crippen MR) is 50.4 cm³/mol. The molecule has 0 atom stereocenters. The lowest BCUT2D eigenvalue weighted by molar-refractivity contribution is 0.826. The zero-order valence-electron chi connectivity index (χ0n) is 7.24. The van der Waals surface area contributed by atoms with E-state index in [-0.39, 0.29) is 0 Å². The highest BCUT2D eigenvalue weighted by molar-refractivity contribution is 7.99. The molecule has 0 aliphatic rings. The topological polar surface area (TPSA) is 56.7 Å². The standard InChI is InChI=1S/C7H12N4S/c1-5(2)4-12-7-10-9-6(3)11(7)8/h1,4,8H2,2-3H3. The summed E-state index contributed by atoms with van der Waals surface area (Å²) in [4.78, 5) is 0. The highest BCUT2D eigenvalue weighted by Crippen LogP contribution is 2.16. The monoisotopic (exact) mass is 184 g/mol. The summed E-state index contributed by atoms with van der Waals surface area (Å²) >= 11 is 1.54. The smallest absolute Gasteiger partial charge is 0.210 e. The van der Waals surface area contributed by atoms with Crippen LogP contribution in [-0.2, 0) is 0 Å². The molecule has 1 rings (SSSR count). The van der Waals surface area contributed by atoms with Gasteiger partial charge in [-0.15, -0.1) is 10.2 Å². The van der Waals surface area contributed by atoms with Crippen molar-refractivity contribution >= 4 is 11.8 Å². The summed E-state index contributed by atoms with van der Waals surface area (Å²) in [6, 6.07) is 0. The number of hydrogen-bond donors (Lipinski definition) is 1. The Labute approximate surface area is 75.8 Å². The highest BCUT2D eigenvalue weighted by atomic mass is 32.2. The van der Waals surface area contributed by atoms with Crippen molar-refractivity contribution in [1.29, 1.82) is 0 Å². The second-order valence-corrected chi connectivity index (χ2v) is 3.59. The number of thioether (sulfide) groups is 1. The first-order chi connectivity index (χ1) is 5.61. The van der Waals surface area contributed by atoms with Crippen LogP contribution in [0.15, 0.2) is 17.3 Å². The summed E-state index contributed by atoms with van der Waals surface area (Å²) in [6.45, 7) is 7.57. The quantitative estimate of drug-likeness (QED) is 0.432. The van der Waals surface area contributed by atoms with Gasteiger partial charge in [0.05, 0.1) is 0 Å². The fourth-order valence-electron chi connectivity index (χ4n) is 0.636.